The molecular formula is C30H36ClN3O4S. The van der Waals surface area contributed by atoms with Crippen molar-refractivity contribution in [3.05, 3.63) is 95.0 Å². The summed E-state index contributed by atoms with van der Waals surface area (Å²) in [6.45, 7) is 5.84. The molecule has 39 heavy (non-hydrogen) atoms. The van der Waals surface area contributed by atoms with Crippen LogP contribution < -0.4 is 9.62 Å². The second-order valence-electron chi connectivity index (χ2n) is 9.45. The number of carbonyl (C=O) groups is 2. The monoisotopic (exact) mass is 569 g/mol. The van der Waals surface area contributed by atoms with E-state index in [-0.39, 0.29) is 23.0 Å². The number of amides is 2. The number of rotatable bonds is 13. The van der Waals surface area contributed by atoms with E-state index in [1.165, 1.54) is 23.1 Å². The number of anilines is 1. The third kappa shape index (κ3) is 8.31. The van der Waals surface area contributed by atoms with E-state index < -0.39 is 28.5 Å². The fourth-order valence-electron chi connectivity index (χ4n) is 4.10. The molecular weight excluding hydrogens is 534 g/mol. The summed E-state index contributed by atoms with van der Waals surface area (Å²) in [5.74, 6) is -0.764. The zero-order valence-corrected chi connectivity index (χ0v) is 24.2. The molecule has 1 N–H and O–H groups in total. The van der Waals surface area contributed by atoms with Crippen LogP contribution in [0.2, 0.25) is 5.02 Å². The Kier molecular flexibility index (Phi) is 10.9. The first kappa shape index (κ1) is 30.2. The number of nitrogens with zero attached hydrogens (tertiary/aromatic N) is 2. The second kappa shape index (κ2) is 14.1. The van der Waals surface area contributed by atoms with E-state index >= 15 is 0 Å². The number of benzene rings is 3. The molecule has 0 unspecified atom stereocenters. The highest BCUT2D eigenvalue weighted by Gasteiger charge is 2.32. The summed E-state index contributed by atoms with van der Waals surface area (Å²) >= 11 is 6.21. The van der Waals surface area contributed by atoms with Crippen molar-refractivity contribution >= 4 is 39.1 Å². The SMILES string of the molecule is CCCCNC(=O)[C@@H](C)N(CCc1ccccc1)C(=O)CN(c1cccc(Cl)c1)S(=O)(=O)c1ccc(C)cc1. The lowest BCUT2D eigenvalue weighted by Gasteiger charge is -2.32. The first-order chi connectivity index (χ1) is 18.6. The number of nitrogens with one attached hydrogen (secondary N) is 1. The summed E-state index contributed by atoms with van der Waals surface area (Å²) in [5.41, 5.74) is 2.18. The number of hydrogen-bond donors (Lipinski definition) is 1. The molecule has 0 aliphatic heterocycles. The highest BCUT2D eigenvalue weighted by Crippen LogP contribution is 2.27. The van der Waals surface area contributed by atoms with Gasteiger partial charge in [-0.25, -0.2) is 8.42 Å². The average Bonchev–Trinajstić information content (AvgIpc) is 2.92. The van der Waals surface area contributed by atoms with Crippen molar-refractivity contribution in [2.75, 3.05) is 23.9 Å². The minimum Gasteiger partial charge on any atom is -0.354 e. The number of hydrogen-bond acceptors (Lipinski definition) is 4. The van der Waals surface area contributed by atoms with E-state index in [0.717, 1.165) is 28.3 Å². The Morgan fingerprint density at radius 1 is 0.974 bits per heavy atom. The molecule has 9 heteroatoms. The van der Waals surface area contributed by atoms with Crippen molar-refractivity contribution in [2.24, 2.45) is 0 Å². The molecule has 3 rings (SSSR count). The van der Waals surface area contributed by atoms with Gasteiger partial charge in [0, 0.05) is 18.1 Å². The summed E-state index contributed by atoms with van der Waals surface area (Å²) in [5, 5.41) is 3.23. The van der Waals surface area contributed by atoms with Gasteiger partial charge in [0.2, 0.25) is 11.8 Å². The quantitative estimate of drug-likeness (QED) is 0.286. The third-order valence-corrected chi connectivity index (χ3v) is 8.49. The Bertz CT molecular complexity index is 1350. The molecule has 208 valence electrons. The van der Waals surface area contributed by atoms with Crippen molar-refractivity contribution < 1.29 is 18.0 Å². The van der Waals surface area contributed by atoms with Crippen LogP contribution >= 0.6 is 11.6 Å². The highest BCUT2D eigenvalue weighted by molar-refractivity contribution is 7.92. The van der Waals surface area contributed by atoms with Crippen LogP contribution in [0, 0.1) is 6.92 Å². The predicted octanol–water partition coefficient (Wildman–Crippen LogP) is 5.22. The van der Waals surface area contributed by atoms with Gasteiger partial charge in [0.1, 0.15) is 12.6 Å². The summed E-state index contributed by atoms with van der Waals surface area (Å²) in [7, 11) is -4.12. The van der Waals surface area contributed by atoms with Crippen molar-refractivity contribution in [3.63, 3.8) is 0 Å². The van der Waals surface area contributed by atoms with Crippen LogP contribution in [-0.4, -0.2) is 50.8 Å². The van der Waals surface area contributed by atoms with Crippen LogP contribution in [0.1, 0.15) is 37.8 Å². The molecule has 0 saturated carbocycles. The van der Waals surface area contributed by atoms with Crippen molar-refractivity contribution in [1.82, 2.24) is 10.2 Å². The van der Waals surface area contributed by atoms with E-state index in [9.17, 15) is 18.0 Å². The van der Waals surface area contributed by atoms with Gasteiger partial charge < -0.3 is 10.2 Å². The van der Waals surface area contributed by atoms with Crippen molar-refractivity contribution in [1.29, 1.82) is 0 Å². The summed E-state index contributed by atoms with van der Waals surface area (Å²) in [6, 6.07) is 21.7. The smallest absolute Gasteiger partial charge is 0.264 e. The molecule has 0 aliphatic carbocycles. The van der Waals surface area contributed by atoms with Crippen LogP contribution in [0.4, 0.5) is 5.69 Å². The number of halogens is 1. The number of carbonyl (C=O) groups excluding carboxylic acids is 2. The molecule has 0 saturated heterocycles. The normalized spacial score (nSPS) is 12.0. The lowest BCUT2D eigenvalue weighted by atomic mass is 10.1. The molecule has 1 atom stereocenters. The summed E-state index contributed by atoms with van der Waals surface area (Å²) < 4.78 is 28.7. The Labute approximate surface area is 236 Å². The van der Waals surface area contributed by atoms with Gasteiger partial charge in [-0.05, 0) is 62.6 Å². The lowest BCUT2D eigenvalue weighted by Crippen LogP contribution is -2.52. The molecule has 2 amide bonds. The maximum Gasteiger partial charge on any atom is 0.264 e. The molecule has 0 radical (unpaired) electrons. The second-order valence-corrected chi connectivity index (χ2v) is 11.7. The van der Waals surface area contributed by atoms with Gasteiger partial charge in [-0.15, -0.1) is 0 Å². The first-order valence-electron chi connectivity index (χ1n) is 13.1. The topological polar surface area (TPSA) is 86.8 Å². The molecule has 0 aromatic heterocycles. The Morgan fingerprint density at radius 2 is 1.67 bits per heavy atom. The Balaban J connectivity index is 1.95. The first-order valence-corrected chi connectivity index (χ1v) is 14.9. The lowest BCUT2D eigenvalue weighted by molar-refractivity contribution is -0.138. The molecule has 7 nitrogen and oxygen atoms in total. The molecule has 0 bridgehead atoms. The molecule has 0 spiro atoms. The summed E-state index contributed by atoms with van der Waals surface area (Å²) in [4.78, 5) is 28.3. The van der Waals surface area contributed by atoms with Crippen LogP contribution in [0.5, 0.6) is 0 Å². The van der Waals surface area contributed by atoms with Crippen LogP contribution in [0.15, 0.2) is 83.8 Å². The average molecular weight is 570 g/mol. The molecule has 3 aromatic rings. The van der Waals surface area contributed by atoms with Crippen molar-refractivity contribution in [3.8, 4) is 0 Å². The largest absolute Gasteiger partial charge is 0.354 e. The fourth-order valence-corrected chi connectivity index (χ4v) is 5.69. The van der Waals surface area contributed by atoms with E-state index in [0.29, 0.717) is 18.0 Å². The maximum absolute atomic E-state index is 13.8. The molecule has 3 aromatic carbocycles. The van der Waals surface area contributed by atoms with Gasteiger partial charge >= 0.3 is 0 Å². The van der Waals surface area contributed by atoms with Gasteiger partial charge in [0.05, 0.1) is 10.6 Å². The number of aryl methyl sites for hydroxylation is 1. The van der Waals surface area contributed by atoms with Gasteiger partial charge in [0.25, 0.3) is 10.0 Å². The molecule has 0 fully saturated rings. The van der Waals surface area contributed by atoms with Crippen LogP contribution in [-0.2, 0) is 26.0 Å². The summed E-state index contributed by atoms with van der Waals surface area (Å²) in [6.07, 6.45) is 2.27. The zero-order valence-electron chi connectivity index (χ0n) is 22.6. The highest BCUT2D eigenvalue weighted by atomic mass is 35.5. The van der Waals surface area contributed by atoms with Crippen molar-refractivity contribution in [2.45, 2.75) is 51.0 Å². The van der Waals surface area contributed by atoms with Gasteiger partial charge in [-0.3, -0.25) is 13.9 Å². The van der Waals surface area contributed by atoms with Crippen LogP contribution in [0.25, 0.3) is 0 Å². The molecule has 0 heterocycles. The number of unbranched alkanes of at least 4 members (excludes halogenated alkanes) is 1. The van der Waals surface area contributed by atoms with Crippen LogP contribution in [0.3, 0.4) is 0 Å². The third-order valence-electron chi connectivity index (χ3n) is 6.47. The zero-order chi connectivity index (χ0) is 28.4. The van der Waals surface area contributed by atoms with E-state index in [2.05, 4.69) is 5.32 Å². The van der Waals surface area contributed by atoms with Gasteiger partial charge in [-0.1, -0.05) is 79.0 Å². The Morgan fingerprint density at radius 3 is 2.31 bits per heavy atom. The molecule has 0 aliphatic rings. The van der Waals surface area contributed by atoms with Gasteiger partial charge in [-0.2, -0.15) is 0 Å². The van der Waals surface area contributed by atoms with E-state index in [4.69, 9.17) is 11.6 Å². The minimum absolute atomic E-state index is 0.0575. The Hall–Kier alpha value is -3.36. The fraction of sp³-hybridized carbons (Fsp3) is 0.333. The van der Waals surface area contributed by atoms with E-state index in [1.807, 2.05) is 44.2 Å². The predicted molar refractivity (Wildman–Crippen MR) is 156 cm³/mol. The number of sulfonamides is 1. The minimum atomic E-state index is -4.12. The maximum atomic E-state index is 13.8. The van der Waals surface area contributed by atoms with E-state index in [1.54, 1.807) is 37.3 Å². The van der Waals surface area contributed by atoms with Gasteiger partial charge in [0.15, 0.2) is 0 Å². The standard InChI is InChI=1S/C30H36ClN3O4S/c1-4-5-19-32-30(36)24(3)33(20-18-25-10-7-6-8-11-25)29(35)22-34(27-13-9-12-26(31)21-27)39(37,38)28-16-14-23(2)15-17-28/h6-17,21,24H,4-5,18-20,22H2,1-3H3,(H,32,36)/t24-/m1/s1.